The molecule has 0 aromatic carbocycles. The molecule has 0 aliphatic carbocycles. The van der Waals surface area contributed by atoms with Gasteiger partial charge in [-0.25, -0.2) is 4.79 Å². The van der Waals surface area contributed by atoms with Crippen molar-refractivity contribution in [2.45, 2.75) is 27.2 Å². The van der Waals surface area contributed by atoms with Crippen LogP contribution >= 0.6 is 11.6 Å². The van der Waals surface area contributed by atoms with Gasteiger partial charge in [-0.2, -0.15) is 0 Å². The van der Waals surface area contributed by atoms with Crippen LogP contribution in [0.1, 0.15) is 27.2 Å². The standard InChI is InChI=1S/C12H16ClNO3/c1-5-8(13)10(9(14)6-2)12(16)17-11(15)7(3)4/h5,7,14H,1,6H2,2-4H3. The van der Waals surface area contributed by atoms with Crippen molar-refractivity contribution in [2.24, 2.45) is 5.92 Å². The first-order valence-corrected chi connectivity index (χ1v) is 5.58. The van der Waals surface area contributed by atoms with E-state index < -0.39 is 17.9 Å². The minimum Gasteiger partial charge on any atom is -0.389 e. The van der Waals surface area contributed by atoms with Gasteiger partial charge in [-0.15, -0.1) is 0 Å². The van der Waals surface area contributed by atoms with Crippen LogP contribution in [-0.4, -0.2) is 17.7 Å². The largest absolute Gasteiger partial charge is 0.389 e. The molecule has 4 nitrogen and oxygen atoms in total. The third-order valence-electron chi connectivity index (χ3n) is 1.94. The Morgan fingerprint density at radius 1 is 1.47 bits per heavy atom. The van der Waals surface area contributed by atoms with Crippen molar-refractivity contribution < 1.29 is 14.3 Å². The van der Waals surface area contributed by atoms with Gasteiger partial charge in [0, 0.05) is 5.71 Å². The Labute approximate surface area is 106 Å². The van der Waals surface area contributed by atoms with E-state index in [-0.39, 0.29) is 16.3 Å². The third-order valence-corrected chi connectivity index (χ3v) is 2.29. The Hall–Kier alpha value is -1.42. The lowest BCUT2D eigenvalue weighted by atomic mass is 10.1. The first kappa shape index (κ1) is 15.6. The number of rotatable bonds is 5. The number of allylic oxidation sites excluding steroid dienone is 2. The Kier molecular flexibility index (Phi) is 6.43. The summed E-state index contributed by atoms with van der Waals surface area (Å²) in [7, 11) is 0. The molecule has 5 heteroatoms. The number of nitrogens with one attached hydrogen (secondary N) is 1. The second-order valence-corrected chi connectivity index (χ2v) is 4.03. The van der Waals surface area contributed by atoms with Crippen LogP contribution in [0.4, 0.5) is 0 Å². The number of hydrogen-bond donors (Lipinski definition) is 1. The van der Waals surface area contributed by atoms with Gasteiger partial charge in [0.15, 0.2) is 0 Å². The minimum atomic E-state index is -0.902. The second kappa shape index (κ2) is 7.01. The van der Waals surface area contributed by atoms with Crippen LogP contribution in [0.15, 0.2) is 23.3 Å². The lowest BCUT2D eigenvalue weighted by molar-refractivity contribution is -0.159. The Morgan fingerprint density at radius 2 is 2.00 bits per heavy atom. The van der Waals surface area contributed by atoms with Crippen LogP contribution in [-0.2, 0) is 14.3 Å². The fraction of sp³-hybridized carbons (Fsp3) is 0.417. The molecule has 0 aliphatic rings. The summed E-state index contributed by atoms with van der Waals surface area (Å²) in [5, 5.41) is 7.62. The maximum atomic E-state index is 11.7. The van der Waals surface area contributed by atoms with Crippen molar-refractivity contribution in [3.8, 4) is 0 Å². The molecule has 94 valence electrons. The number of hydrogen-bond acceptors (Lipinski definition) is 4. The summed E-state index contributed by atoms with van der Waals surface area (Å²) >= 11 is 5.77. The average molecular weight is 258 g/mol. The molecule has 0 saturated heterocycles. The molecular formula is C12H16ClNO3. The lowest BCUT2D eigenvalue weighted by Gasteiger charge is -2.09. The lowest BCUT2D eigenvalue weighted by Crippen LogP contribution is -2.22. The van der Waals surface area contributed by atoms with Crippen LogP contribution in [0.25, 0.3) is 0 Å². The van der Waals surface area contributed by atoms with E-state index in [0.29, 0.717) is 6.42 Å². The molecule has 0 amide bonds. The molecule has 1 N–H and O–H groups in total. The summed E-state index contributed by atoms with van der Waals surface area (Å²) in [5.74, 6) is -1.97. The zero-order valence-electron chi connectivity index (χ0n) is 10.2. The average Bonchev–Trinajstić information content (AvgIpc) is 2.28. The molecule has 0 spiro atoms. The van der Waals surface area contributed by atoms with E-state index in [2.05, 4.69) is 11.3 Å². The van der Waals surface area contributed by atoms with E-state index in [0.717, 1.165) is 0 Å². The quantitative estimate of drug-likeness (QED) is 0.271. The normalized spacial score (nSPS) is 11.8. The molecule has 0 saturated carbocycles. The molecule has 0 aromatic rings. The highest BCUT2D eigenvalue weighted by Gasteiger charge is 2.22. The smallest absolute Gasteiger partial charge is 0.349 e. The van der Waals surface area contributed by atoms with E-state index in [1.807, 2.05) is 0 Å². The molecule has 0 aliphatic heterocycles. The highest BCUT2D eigenvalue weighted by atomic mass is 35.5. The summed E-state index contributed by atoms with van der Waals surface area (Å²) in [4.78, 5) is 23.0. The van der Waals surface area contributed by atoms with E-state index in [9.17, 15) is 9.59 Å². The Bertz CT molecular complexity index is 383. The Balaban J connectivity index is 5.11. The molecule has 0 bridgehead atoms. The van der Waals surface area contributed by atoms with Gasteiger partial charge in [-0.3, -0.25) is 4.79 Å². The van der Waals surface area contributed by atoms with Gasteiger partial charge in [0.2, 0.25) is 0 Å². The molecule has 0 radical (unpaired) electrons. The van der Waals surface area contributed by atoms with Gasteiger partial charge in [-0.05, 0) is 12.5 Å². The Morgan fingerprint density at radius 3 is 2.35 bits per heavy atom. The van der Waals surface area contributed by atoms with Crippen LogP contribution in [0.3, 0.4) is 0 Å². The molecule has 0 unspecified atom stereocenters. The highest BCUT2D eigenvalue weighted by Crippen LogP contribution is 2.16. The maximum absolute atomic E-state index is 11.7. The minimum absolute atomic E-state index is 0.0106. The topological polar surface area (TPSA) is 67.2 Å². The fourth-order valence-electron chi connectivity index (χ4n) is 0.904. The number of carbonyl (C=O) groups excluding carboxylic acids is 2. The summed E-state index contributed by atoms with van der Waals surface area (Å²) in [6.07, 6.45) is 1.55. The van der Waals surface area contributed by atoms with Crippen molar-refractivity contribution in [1.82, 2.24) is 0 Å². The molecular weight excluding hydrogens is 242 g/mol. The van der Waals surface area contributed by atoms with Gasteiger partial charge in [-0.1, -0.05) is 39.0 Å². The van der Waals surface area contributed by atoms with Crippen molar-refractivity contribution in [3.63, 3.8) is 0 Å². The third kappa shape index (κ3) is 4.53. The van der Waals surface area contributed by atoms with Crippen molar-refractivity contribution >= 4 is 29.3 Å². The molecule has 0 rings (SSSR count). The summed E-state index contributed by atoms with van der Waals surface area (Å²) in [5.41, 5.74) is -0.102. The van der Waals surface area contributed by atoms with Crippen molar-refractivity contribution in [3.05, 3.63) is 23.3 Å². The second-order valence-electron chi connectivity index (χ2n) is 3.62. The fourth-order valence-corrected chi connectivity index (χ4v) is 1.10. The van der Waals surface area contributed by atoms with Gasteiger partial charge >= 0.3 is 11.9 Å². The van der Waals surface area contributed by atoms with Crippen molar-refractivity contribution in [1.29, 1.82) is 5.41 Å². The van der Waals surface area contributed by atoms with E-state index >= 15 is 0 Å². The number of esters is 2. The number of ether oxygens (including phenoxy) is 1. The highest BCUT2D eigenvalue weighted by molar-refractivity contribution is 6.38. The van der Waals surface area contributed by atoms with Crippen LogP contribution < -0.4 is 0 Å². The SMILES string of the molecule is C=CC(Cl)=C(C(=N)CC)C(=O)OC(=O)C(C)C. The van der Waals surface area contributed by atoms with E-state index in [1.54, 1.807) is 20.8 Å². The zero-order valence-corrected chi connectivity index (χ0v) is 10.9. The van der Waals surface area contributed by atoms with Gasteiger partial charge < -0.3 is 10.1 Å². The summed E-state index contributed by atoms with van der Waals surface area (Å²) in [6, 6.07) is 0. The maximum Gasteiger partial charge on any atom is 0.349 e. The van der Waals surface area contributed by atoms with E-state index in [1.165, 1.54) is 6.08 Å². The molecule has 17 heavy (non-hydrogen) atoms. The zero-order chi connectivity index (χ0) is 13.6. The van der Waals surface area contributed by atoms with Crippen LogP contribution in [0.5, 0.6) is 0 Å². The number of halogens is 1. The number of carbonyl (C=O) groups is 2. The van der Waals surface area contributed by atoms with Crippen molar-refractivity contribution in [2.75, 3.05) is 0 Å². The van der Waals surface area contributed by atoms with E-state index in [4.69, 9.17) is 17.0 Å². The monoisotopic (exact) mass is 257 g/mol. The molecule has 0 atom stereocenters. The summed E-state index contributed by atoms with van der Waals surface area (Å²) < 4.78 is 4.61. The molecule has 0 heterocycles. The van der Waals surface area contributed by atoms with Gasteiger partial charge in [0.25, 0.3) is 0 Å². The van der Waals surface area contributed by atoms with Gasteiger partial charge in [0.1, 0.15) is 0 Å². The summed E-state index contributed by atoms with van der Waals surface area (Å²) in [6.45, 7) is 8.34. The predicted molar refractivity (Wildman–Crippen MR) is 67.0 cm³/mol. The molecule has 0 fully saturated rings. The van der Waals surface area contributed by atoms with Gasteiger partial charge in [0.05, 0.1) is 16.5 Å². The predicted octanol–water partition coefficient (Wildman–Crippen LogP) is 2.82. The van der Waals surface area contributed by atoms with Crippen LogP contribution in [0.2, 0.25) is 0 Å². The molecule has 0 aromatic heterocycles. The van der Waals surface area contributed by atoms with Crippen LogP contribution in [0, 0.1) is 11.3 Å². The first-order valence-electron chi connectivity index (χ1n) is 5.21. The first-order chi connectivity index (χ1) is 7.84.